The van der Waals surface area contributed by atoms with Gasteiger partial charge in [-0.2, -0.15) is 0 Å². The van der Waals surface area contributed by atoms with Crippen molar-refractivity contribution in [2.75, 3.05) is 0 Å². The summed E-state index contributed by atoms with van der Waals surface area (Å²) < 4.78 is 2.19. The van der Waals surface area contributed by atoms with Crippen LogP contribution in [0.1, 0.15) is 30.9 Å². The van der Waals surface area contributed by atoms with E-state index in [4.69, 9.17) is 0 Å². The molecule has 0 radical (unpaired) electrons. The van der Waals surface area contributed by atoms with Crippen LogP contribution in [0.25, 0.3) is 11.0 Å². The third-order valence-electron chi connectivity index (χ3n) is 4.95. The number of benzene rings is 1. The van der Waals surface area contributed by atoms with E-state index < -0.39 is 0 Å². The van der Waals surface area contributed by atoms with Crippen LogP contribution in [0.3, 0.4) is 0 Å². The lowest BCUT2D eigenvalue weighted by Gasteiger charge is -2.16. The van der Waals surface area contributed by atoms with E-state index >= 15 is 0 Å². The molecular formula is C19H23N7O. The Morgan fingerprint density at radius 1 is 1.33 bits per heavy atom. The fourth-order valence-electron chi connectivity index (χ4n) is 3.51. The highest BCUT2D eigenvalue weighted by Crippen LogP contribution is 2.18. The Hall–Kier alpha value is -2.84. The van der Waals surface area contributed by atoms with Crippen molar-refractivity contribution >= 4 is 16.9 Å². The number of aromatic nitrogens is 4. The summed E-state index contributed by atoms with van der Waals surface area (Å²) in [6.45, 7) is 4.68. The molecule has 0 aliphatic carbocycles. The Morgan fingerprint density at radius 3 is 3.00 bits per heavy atom. The lowest BCUT2D eigenvalue weighted by molar-refractivity contribution is -0.123. The summed E-state index contributed by atoms with van der Waals surface area (Å²) in [4.78, 5) is 25.3. The van der Waals surface area contributed by atoms with Crippen molar-refractivity contribution < 1.29 is 4.79 Å². The fraction of sp³-hybridized carbons (Fsp3) is 0.368. The molecule has 3 heterocycles. The Bertz CT molecular complexity index is 940. The summed E-state index contributed by atoms with van der Waals surface area (Å²) in [6.07, 6.45) is 3.86. The zero-order valence-corrected chi connectivity index (χ0v) is 15.4. The minimum atomic E-state index is -0.283. The molecule has 1 amide bonds. The van der Waals surface area contributed by atoms with Gasteiger partial charge in [-0.25, -0.2) is 20.4 Å². The van der Waals surface area contributed by atoms with Crippen molar-refractivity contribution in [1.29, 1.82) is 0 Å². The van der Waals surface area contributed by atoms with Crippen LogP contribution in [-0.2, 0) is 11.3 Å². The van der Waals surface area contributed by atoms with Crippen molar-refractivity contribution in [3.05, 3.63) is 54.4 Å². The lowest BCUT2D eigenvalue weighted by Crippen LogP contribution is -2.44. The van der Waals surface area contributed by atoms with Crippen LogP contribution >= 0.6 is 0 Å². The van der Waals surface area contributed by atoms with Crippen LogP contribution < -0.4 is 16.2 Å². The van der Waals surface area contributed by atoms with Gasteiger partial charge >= 0.3 is 0 Å². The SMILES string of the molecule is Cc1nc2ccccc2n1CC1CC(C(=O)NC(C)c2ccncn2)NN1. The number of para-hydroxylation sites is 2. The molecule has 2 aromatic heterocycles. The summed E-state index contributed by atoms with van der Waals surface area (Å²) in [6, 6.07) is 9.61. The molecule has 1 aliphatic heterocycles. The molecule has 1 aromatic carbocycles. The molecule has 0 bridgehead atoms. The number of rotatable bonds is 5. The molecule has 0 spiro atoms. The molecule has 3 aromatic rings. The molecule has 3 unspecified atom stereocenters. The van der Waals surface area contributed by atoms with Gasteiger partial charge in [0.2, 0.25) is 5.91 Å². The maximum absolute atomic E-state index is 12.6. The normalized spacial score (nSPS) is 20.7. The number of carbonyl (C=O) groups is 1. The minimum Gasteiger partial charge on any atom is -0.347 e. The second kappa shape index (κ2) is 7.42. The third-order valence-corrected chi connectivity index (χ3v) is 4.95. The van der Waals surface area contributed by atoms with Crippen molar-refractivity contribution in [2.45, 2.75) is 44.9 Å². The van der Waals surface area contributed by atoms with Gasteiger partial charge in [0.05, 0.1) is 22.8 Å². The first-order chi connectivity index (χ1) is 13.1. The van der Waals surface area contributed by atoms with Crippen LogP contribution in [0.15, 0.2) is 42.9 Å². The van der Waals surface area contributed by atoms with Crippen molar-refractivity contribution in [3.8, 4) is 0 Å². The fourth-order valence-corrected chi connectivity index (χ4v) is 3.51. The first-order valence-electron chi connectivity index (χ1n) is 9.11. The number of fused-ring (bicyclic) bond motifs is 1. The maximum atomic E-state index is 12.6. The van der Waals surface area contributed by atoms with Gasteiger partial charge in [-0.15, -0.1) is 0 Å². The quantitative estimate of drug-likeness (QED) is 0.630. The second-order valence-electron chi connectivity index (χ2n) is 6.90. The third kappa shape index (κ3) is 3.67. The number of nitrogens with zero attached hydrogens (tertiary/aromatic N) is 4. The van der Waals surface area contributed by atoms with Gasteiger partial charge in [0.1, 0.15) is 18.2 Å². The molecule has 3 atom stereocenters. The van der Waals surface area contributed by atoms with Crippen LogP contribution in [0.5, 0.6) is 0 Å². The number of imidazole rings is 1. The first kappa shape index (κ1) is 17.6. The van der Waals surface area contributed by atoms with E-state index in [-0.39, 0.29) is 24.0 Å². The van der Waals surface area contributed by atoms with Gasteiger partial charge < -0.3 is 9.88 Å². The van der Waals surface area contributed by atoms with Gasteiger partial charge in [-0.1, -0.05) is 12.1 Å². The lowest BCUT2D eigenvalue weighted by atomic mass is 10.1. The van der Waals surface area contributed by atoms with E-state index in [0.29, 0.717) is 6.42 Å². The number of aryl methyl sites for hydroxylation is 1. The monoisotopic (exact) mass is 365 g/mol. The summed E-state index contributed by atoms with van der Waals surface area (Å²) in [5.41, 5.74) is 9.26. The van der Waals surface area contributed by atoms with Crippen LogP contribution in [0.2, 0.25) is 0 Å². The van der Waals surface area contributed by atoms with E-state index in [9.17, 15) is 4.79 Å². The average Bonchev–Trinajstić information content (AvgIpc) is 3.28. The average molecular weight is 365 g/mol. The standard InChI is InChI=1S/C19H23N7O/c1-12(15-7-8-20-11-21-15)22-19(27)17-9-14(24-25-17)10-26-13(2)23-16-5-3-4-6-18(16)26/h3-8,11-12,14,17,24-25H,9-10H2,1-2H3,(H,22,27). The topological polar surface area (TPSA) is 96.8 Å². The highest BCUT2D eigenvalue weighted by atomic mass is 16.2. The maximum Gasteiger partial charge on any atom is 0.239 e. The number of carbonyl (C=O) groups excluding carboxylic acids is 1. The van der Waals surface area contributed by atoms with E-state index in [2.05, 4.69) is 41.8 Å². The highest BCUT2D eigenvalue weighted by Gasteiger charge is 2.30. The Balaban J connectivity index is 1.38. The van der Waals surface area contributed by atoms with E-state index in [1.165, 1.54) is 6.33 Å². The largest absolute Gasteiger partial charge is 0.347 e. The molecular weight excluding hydrogens is 342 g/mol. The van der Waals surface area contributed by atoms with Crippen molar-refractivity contribution in [1.82, 2.24) is 35.7 Å². The molecule has 1 fully saturated rings. The Kier molecular flexibility index (Phi) is 4.83. The molecule has 0 saturated carbocycles. The smallest absolute Gasteiger partial charge is 0.239 e. The number of hydrogen-bond acceptors (Lipinski definition) is 6. The van der Waals surface area contributed by atoms with Crippen LogP contribution in [0, 0.1) is 6.92 Å². The molecule has 3 N–H and O–H groups in total. The first-order valence-corrected chi connectivity index (χ1v) is 9.11. The zero-order chi connectivity index (χ0) is 18.8. The molecule has 27 heavy (non-hydrogen) atoms. The van der Waals surface area contributed by atoms with Crippen molar-refractivity contribution in [2.24, 2.45) is 0 Å². The van der Waals surface area contributed by atoms with Gasteiger partial charge in [0, 0.05) is 18.8 Å². The molecule has 1 saturated heterocycles. The molecule has 8 nitrogen and oxygen atoms in total. The Morgan fingerprint density at radius 2 is 2.19 bits per heavy atom. The number of nitrogens with one attached hydrogen (secondary N) is 3. The summed E-state index contributed by atoms with van der Waals surface area (Å²) in [7, 11) is 0. The van der Waals surface area contributed by atoms with Crippen LogP contribution in [0.4, 0.5) is 0 Å². The zero-order valence-electron chi connectivity index (χ0n) is 15.4. The van der Waals surface area contributed by atoms with E-state index in [0.717, 1.165) is 29.1 Å². The Labute approximate surface area is 157 Å². The van der Waals surface area contributed by atoms with E-state index in [1.807, 2.05) is 32.0 Å². The molecule has 1 aliphatic rings. The van der Waals surface area contributed by atoms with Gasteiger partial charge in [0.25, 0.3) is 0 Å². The van der Waals surface area contributed by atoms with Crippen LogP contribution in [-0.4, -0.2) is 37.5 Å². The predicted molar refractivity (Wildman–Crippen MR) is 102 cm³/mol. The number of hydrogen-bond donors (Lipinski definition) is 3. The molecule has 140 valence electrons. The summed E-state index contributed by atoms with van der Waals surface area (Å²) >= 11 is 0. The molecule has 8 heteroatoms. The van der Waals surface area contributed by atoms with Gasteiger partial charge in [-0.3, -0.25) is 10.2 Å². The van der Waals surface area contributed by atoms with Gasteiger partial charge in [0.15, 0.2) is 0 Å². The predicted octanol–water partition coefficient (Wildman–Crippen LogP) is 1.25. The molecule has 4 rings (SSSR count). The number of hydrazine groups is 1. The van der Waals surface area contributed by atoms with Gasteiger partial charge in [-0.05, 0) is 38.5 Å². The minimum absolute atomic E-state index is 0.0386. The van der Waals surface area contributed by atoms with Crippen molar-refractivity contribution in [3.63, 3.8) is 0 Å². The highest BCUT2D eigenvalue weighted by molar-refractivity contribution is 5.82. The van der Waals surface area contributed by atoms with E-state index in [1.54, 1.807) is 12.3 Å². The number of amides is 1. The summed E-state index contributed by atoms with van der Waals surface area (Å²) in [5, 5.41) is 3.01. The summed E-state index contributed by atoms with van der Waals surface area (Å²) in [5.74, 6) is 0.937. The second-order valence-corrected chi connectivity index (χ2v) is 6.90.